The van der Waals surface area contributed by atoms with Gasteiger partial charge in [-0.3, -0.25) is 9.58 Å². The van der Waals surface area contributed by atoms with Crippen LogP contribution in [0.5, 0.6) is 0 Å². The number of aliphatic hydroxyl groups is 1. The minimum atomic E-state index is -0.914. The van der Waals surface area contributed by atoms with Gasteiger partial charge in [-0.1, -0.05) is 13.8 Å². The van der Waals surface area contributed by atoms with Crippen molar-refractivity contribution in [1.82, 2.24) is 30.1 Å². The van der Waals surface area contributed by atoms with E-state index in [2.05, 4.69) is 51.1 Å². The van der Waals surface area contributed by atoms with Crippen LogP contribution in [-0.2, 0) is 12.1 Å². The molecule has 1 atom stereocenters. The first-order valence-electron chi connectivity index (χ1n) is 8.49. The molecule has 0 aliphatic carbocycles. The smallest absolute Gasteiger partial charge is 0.123 e. The van der Waals surface area contributed by atoms with Crippen LogP contribution in [-0.4, -0.2) is 48.3 Å². The standard InChI is InChI=1S/C16H26N6O/c1-3-14(4-2)22-9-6-13(19-22)11-21-8-5-7-16(23,12-21)15-10-17-20-18-15/h6,9-10,14,23H,3-5,7-8,11-12H2,1-2H3,(H,17,18,20)/t16-/m1/s1. The van der Waals surface area contributed by atoms with E-state index >= 15 is 0 Å². The summed E-state index contributed by atoms with van der Waals surface area (Å²) < 4.78 is 2.07. The van der Waals surface area contributed by atoms with Crippen LogP contribution < -0.4 is 0 Å². The molecule has 0 aromatic carbocycles. The molecule has 1 saturated heterocycles. The third-order valence-corrected chi connectivity index (χ3v) is 4.81. The van der Waals surface area contributed by atoms with E-state index in [-0.39, 0.29) is 0 Å². The molecule has 2 N–H and O–H groups in total. The van der Waals surface area contributed by atoms with E-state index in [4.69, 9.17) is 5.10 Å². The third-order valence-electron chi connectivity index (χ3n) is 4.81. The number of likely N-dealkylation sites (tertiary alicyclic amines) is 1. The van der Waals surface area contributed by atoms with Gasteiger partial charge in [0, 0.05) is 19.3 Å². The number of hydrogen-bond acceptors (Lipinski definition) is 5. The van der Waals surface area contributed by atoms with E-state index in [1.807, 2.05) is 0 Å². The SMILES string of the molecule is CCC(CC)n1ccc(CN2CCC[C@](O)(c3cn[nH]n3)C2)n1. The fourth-order valence-electron chi connectivity index (χ4n) is 3.45. The lowest BCUT2D eigenvalue weighted by Crippen LogP contribution is -2.46. The lowest BCUT2D eigenvalue weighted by atomic mass is 9.90. The Bertz CT molecular complexity index is 606. The highest BCUT2D eigenvalue weighted by atomic mass is 16.3. The number of piperidine rings is 1. The lowest BCUT2D eigenvalue weighted by Gasteiger charge is -2.37. The molecule has 2 aromatic rings. The van der Waals surface area contributed by atoms with Crippen molar-refractivity contribution in [2.24, 2.45) is 0 Å². The molecule has 23 heavy (non-hydrogen) atoms. The van der Waals surface area contributed by atoms with Crippen molar-refractivity contribution in [2.75, 3.05) is 13.1 Å². The molecule has 1 fully saturated rings. The van der Waals surface area contributed by atoms with Crippen LogP contribution in [0.1, 0.15) is 57.0 Å². The number of nitrogens with one attached hydrogen (secondary N) is 1. The zero-order valence-corrected chi connectivity index (χ0v) is 13.9. The Labute approximate surface area is 136 Å². The number of aromatic nitrogens is 5. The molecule has 2 aromatic heterocycles. The molecule has 1 aliphatic heterocycles. The lowest BCUT2D eigenvalue weighted by molar-refractivity contribution is -0.0417. The summed E-state index contributed by atoms with van der Waals surface area (Å²) in [6.45, 7) is 6.68. The Hall–Kier alpha value is -1.73. The first-order valence-corrected chi connectivity index (χ1v) is 8.49. The summed E-state index contributed by atoms with van der Waals surface area (Å²) in [7, 11) is 0. The Kier molecular flexibility index (Phi) is 4.77. The molecule has 0 unspecified atom stereocenters. The van der Waals surface area contributed by atoms with E-state index < -0.39 is 5.60 Å². The molecule has 126 valence electrons. The zero-order valence-electron chi connectivity index (χ0n) is 13.9. The second-order valence-corrected chi connectivity index (χ2v) is 6.46. The number of hydrogen-bond donors (Lipinski definition) is 2. The molecule has 0 bridgehead atoms. The summed E-state index contributed by atoms with van der Waals surface area (Å²) in [6.07, 6.45) is 7.53. The normalized spacial score (nSPS) is 22.8. The Balaban J connectivity index is 1.66. The molecule has 0 radical (unpaired) electrons. The number of β-amino-alcohol motifs (C(OH)–C–C–N with tert-alkyl or cyclic N) is 1. The van der Waals surface area contributed by atoms with Crippen molar-refractivity contribution in [3.05, 3.63) is 29.8 Å². The van der Waals surface area contributed by atoms with Crippen LogP contribution in [0, 0.1) is 0 Å². The van der Waals surface area contributed by atoms with Gasteiger partial charge < -0.3 is 5.11 Å². The molecule has 7 heteroatoms. The summed E-state index contributed by atoms with van der Waals surface area (Å²) in [6, 6.07) is 2.55. The highest BCUT2D eigenvalue weighted by Crippen LogP contribution is 2.30. The van der Waals surface area contributed by atoms with Crippen molar-refractivity contribution >= 4 is 0 Å². The second kappa shape index (κ2) is 6.80. The minimum absolute atomic E-state index is 0.470. The highest BCUT2D eigenvalue weighted by molar-refractivity contribution is 5.09. The van der Waals surface area contributed by atoms with Crippen LogP contribution in [0.4, 0.5) is 0 Å². The number of rotatable bonds is 6. The van der Waals surface area contributed by atoms with Gasteiger partial charge in [-0.2, -0.15) is 20.5 Å². The first-order chi connectivity index (χ1) is 11.1. The zero-order chi connectivity index (χ0) is 16.3. The van der Waals surface area contributed by atoms with Crippen molar-refractivity contribution in [3.8, 4) is 0 Å². The predicted octanol–water partition coefficient (Wildman–Crippen LogP) is 1.85. The third kappa shape index (κ3) is 3.45. The van der Waals surface area contributed by atoms with Crippen LogP contribution in [0.2, 0.25) is 0 Å². The summed E-state index contributed by atoms with van der Waals surface area (Å²) >= 11 is 0. The number of H-pyrrole nitrogens is 1. The van der Waals surface area contributed by atoms with Crippen molar-refractivity contribution in [2.45, 2.75) is 57.7 Å². The van der Waals surface area contributed by atoms with Gasteiger partial charge in [-0.05, 0) is 38.3 Å². The van der Waals surface area contributed by atoms with Crippen LogP contribution >= 0.6 is 0 Å². The molecular formula is C16H26N6O. The van der Waals surface area contributed by atoms with E-state index in [0.29, 0.717) is 18.3 Å². The van der Waals surface area contributed by atoms with Gasteiger partial charge in [-0.25, -0.2) is 0 Å². The van der Waals surface area contributed by atoms with Gasteiger partial charge >= 0.3 is 0 Å². The van der Waals surface area contributed by atoms with Gasteiger partial charge in [0.15, 0.2) is 0 Å². The number of nitrogens with zero attached hydrogens (tertiary/aromatic N) is 5. The highest BCUT2D eigenvalue weighted by Gasteiger charge is 2.37. The van der Waals surface area contributed by atoms with Crippen molar-refractivity contribution in [3.63, 3.8) is 0 Å². The summed E-state index contributed by atoms with van der Waals surface area (Å²) in [5.41, 5.74) is 0.773. The Morgan fingerprint density at radius 2 is 2.22 bits per heavy atom. The fourth-order valence-corrected chi connectivity index (χ4v) is 3.45. The predicted molar refractivity (Wildman–Crippen MR) is 86.6 cm³/mol. The molecular weight excluding hydrogens is 292 g/mol. The summed E-state index contributed by atoms with van der Waals surface area (Å²) in [4.78, 5) is 2.25. The van der Waals surface area contributed by atoms with Crippen LogP contribution in [0.3, 0.4) is 0 Å². The molecule has 0 saturated carbocycles. The first kappa shape index (κ1) is 16.1. The molecule has 0 amide bonds. The second-order valence-electron chi connectivity index (χ2n) is 6.46. The van der Waals surface area contributed by atoms with Crippen LogP contribution in [0.25, 0.3) is 0 Å². The molecule has 3 heterocycles. The summed E-state index contributed by atoms with van der Waals surface area (Å²) in [5.74, 6) is 0. The average Bonchev–Trinajstić information content (AvgIpc) is 3.21. The maximum absolute atomic E-state index is 10.9. The molecule has 3 rings (SSSR count). The van der Waals surface area contributed by atoms with E-state index in [1.54, 1.807) is 6.20 Å². The van der Waals surface area contributed by atoms with Crippen molar-refractivity contribution in [1.29, 1.82) is 0 Å². The molecule has 7 nitrogen and oxygen atoms in total. The fraction of sp³-hybridized carbons (Fsp3) is 0.688. The maximum Gasteiger partial charge on any atom is 0.123 e. The van der Waals surface area contributed by atoms with Gasteiger partial charge in [0.25, 0.3) is 0 Å². The van der Waals surface area contributed by atoms with Crippen molar-refractivity contribution < 1.29 is 5.11 Å². The molecule has 0 spiro atoms. The average molecular weight is 318 g/mol. The van der Waals surface area contributed by atoms with Gasteiger partial charge in [-0.15, -0.1) is 0 Å². The maximum atomic E-state index is 10.9. The Morgan fingerprint density at radius 1 is 1.39 bits per heavy atom. The van der Waals surface area contributed by atoms with Gasteiger partial charge in [0.1, 0.15) is 11.3 Å². The number of aromatic amines is 1. The summed E-state index contributed by atoms with van der Waals surface area (Å²) in [5, 5.41) is 26.1. The van der Waals surface area contributed by atoms with E-state index in [1.165, 1.54) is 0 Å². The largest absolute Gasteiger partial charge is 0.382 e. The topological polar surface area (TPSA) is 82.9 Å². The van der Waals surface area contributed by atoms with Crippen LogP contribution in [0.15, 0.2) is 18.5 Å². The Morgan fingerprint density at radius 3 is 2.91 bits per heavy atom. The quantitative estimate of drug-likeness (QED) is 0.849. The molecule has 1 aliphatic rings. The monoisotopic (exact) mass is 318 g/mol. The van der Waals surface area contributed by atoms with Gasteiger partial charge in [0.2, 0.25) is 0 Å². The minimum Gasteiger partial charge on any atom is -0.382 e. The van der Waals surface area contributed by atoms with E-state index in [0.717, 1.165) is 44.5 Å². The van der Waals surface area contributed by atoms with Gasteiger partial charge in [0.05, 0.1) is 17.9 Å². The van der Waals surface area contributed by atoms with E-state index in [9.17, 15) is 5.11 Å².